The van der Waals surface area contributed by atoms with Gasteiger partial charge in [0.25, 0.3) is 5.91 Å². The Bertz CT molecular complexity index is 1250. The number of benzene rings is 1. The molecule has 1 N–H and O–H groups in total. The Hall–Kier alpha value is -4.21. The van der Waals surface area contributed by atoms with E-state index >= 15 is 0 Å². The van der Waals surface area contributed by atoms with Crippen molar-refractivity contribution in [3.05, 3.63) is 78.1 Å². The molecule has 0 aliphatic rings. The van der Waals surface area contributed by atoms with Crippen LogP contribution in [0.1, 0.15) is 43.9 Å². The number of furan rings is 2. The molecule has 182 valence electrons. The summed E-state index contributed by atoms with van der Waals surface area (Å²) in [4.78, 5) is 29.5. The van der Waals surface area contributed by atoms with Crippen molar-refractivity contribution in [2.24, 2.45) is 0 Å². The number of hydrogen-bond acceptors (Lipinski definition) is 7. The second kappa shape index (κ2) is 9.96. The van der Waals surface area contributed by atoms with Crippen LogP contribution in [-0.2, 0) is 22.7 Å². The number of rotatable bonds is 8. The first kappa shape index (κ1) is 23.9. The predicted molar refractivity (Wildman–Crippen MR) is 127 cm³/mol. The summed E-state index contributed by atoms with van der Waals surface area (Å²) in [5.41, 5.74) is 1.39. The molecule has 3 aromatic heterocycles. The molecule has 0 saturated heterocycles. The smallest absolute Gasteiger partial charge is 0.251 e. The van der Waals surface area contributed by atoms with E-state index in [0.29, 0.717) is 17.3 Å². The molecule has 0 fully saturated rings. The highest BCUT2D eigenvalue weighted by atomic mass is 16.3. The second-order valence-corrected chi connectivity index (χ2v) is 9.27. The number of nitrogens with one attached hydrogen (secondary N) is 1. The van der Waals surface area contributed by atoms with Crippen LogP contribution in [-0.4, -0.2) is 42.5 Å². The maximum atomic E-state index is 13.6. The SMILES string of the molecule is Cc1ccc(-c2nnn(CC(=O)N(Cc3ccco3)C(C(=O)NC(C)(C)C)c3ccco3)n2)cc1. The van der Waals surface area contributed by atoms with Crippen LogP contribution in [0.3, 0.4) is 0 Å². The first-order valence-corrected chi connectivity index (χ1v) is 11.2. The van der Waals surface area contributed by atoms with Crippen LogP contribution < -0.4 is 5.32 Å². The van der Waals surface area contributed by atoms with Crippen molar-refractivity contribution in [2.75, 3.05) is 0 Å². The lowest BCUT2D eigenvalue weighted by Crippen LogP contribution is -2.49. The predicted octanol–water partition coefficient (Wildman–Crippen LogP) is 3.52. The molecule has 0 bridgehead atoms. The normalized spacial score (nSPS) is 12.3. The Labute approximate surface area is 202 Å². The van der Waals surface area contributed by atoms with Gasteiger partial charge in [0.05, 0.1) is 19.1 Å². The summed E-state index contributed by atoms with van der Waals surface area (Å²) >= 11 is 0. The van der Waals surface area contributed by atoms with Crippen LogP contribution in [0.4, 0.5) is 0 Å². The van der Waals surface area contributed by atoms with Crippen LogP contribution in [0.2, 0.25) is 0 Å². The fourth-order valence-electron chi connectivity index (χ4n) is 3.54. The lowest BCUT2D eigenvalue weighted by atomic mass is 10.1. The molecule has 1 atom stereocenters. The Morgan fingerprint density at radius 3 is 2.40 bits per heavy atom. The zero-order valence-corrected chi connectivity index (χ0v) is 20.1. The van der Waals surface area contributed by atoms with E-state index in [-0.39, 0.29) is 19.0 Å². The van der Waals surface area contributed by atoms with E-state index in [1.165, 1.54) is 22.2 Å². The highest BCUT2D eigenvalue weighted by Crippen LogP contribution is 2.26. The van der Waals surface area contributed by atoms with Gasteiger partial charge in [0, 0.05) is 11.1 Å². The molecule has 0 radical (unpaired) electrons. The van der Waals surface area contributed by atoms with Crippen LogP contribution in [0.5, 0.6) is 0 Å². The van der Waals surface area contributed by atoms with E-state index in [9.17, 15) is 9.59 Å². The topological polar surface area (TPSA) is 119 Å². The largest absolute Gasteiger partial charge is 0.467 e. The van der Waals surface area contributed by atoms with Crippen molar-refractivity contribution in [1.82, 2.24) is 30.4 Å². The van der Waals surface area contributed by atoms with Crippen LogP contribution in [0.25, 0.3) is 11.4 Å². The first-order valence-electron chi connectivity index (χ1n) is 11.2. The molecule has 10 nitrogen and oxygen atoms in total. The number of nitrogens with zero attached hydrogens (tertiary/aromatic N) is 5. The lowest BCUT2D eigenvalue weighted by molar-refractivity contribution is -0.144. The molecule has 0 aliphatic carbocycles. The Kier molecular flexibility index (Phi) is 6.81. The van der Waals surface area contributed by atoms with Gasteiger partial charge in [-0.2, -0.15) is 4.80 Å². The quantitative estimate of drug-likeness (QED) is 0.413. The minimum absolute atomic E-state index is 0.0499. The summed E-state index contributed by atoms with van der Waals surface area (Å²) in [6.45, 7) is 7.43. The average Bonchev–Trinajstić information content (AvgIpc) is 3.56. The van der Waals surface area contributed by atoms with Crippen molar-refractivity contribution < 1.29 is 18.4 Å². The minimum atomic E-state index is -1.03. The first-order chi connectivity index (χ1) is 16.7. The van der Waals surface area contributed by atoms with Gasteiger partial charge in [-0.25, -0.2) is 0 Å². The Morgan fingerprint density at radius 1 is 1.06 bits per heavy atom. The molecule has 3 heterocycles. The van der Waals surface area contributed by atoms with E-state index in [1.54, 1.807) is 24.3 Å². The molecule has 0 spiro atoms. The summed E-state index contributed by atoms with van der Waals surface area (Å²) in [6.07, 6.45) is 2.98. The number of carbonyl (C=O) groups is 2. The molecule has 0 aliphatic heterocycles. The fraction of sp³-hybridized carbons (Fsp3) is 0.320. The average molecular weight is 477 g/mol. The third-order valence-corrected chi connectivity index (χ3v) is 5.14. The van der Waals surface area contributed by atoms with Crippen LogP contribution >= 0.6 is 0 Å². The van der Waals surface area contributed by atoms with Crippen LogP contribution in [0.15, 0.2) is 69.9 Å². The van der Waals surface area contributed by atoms with E-state index < -0.39 is 17.5 Å². The van der Waals surface area contributed by atoms with Gasteiger partial charge in [-0.05, 0) is 57.2 Å². The van der Waals surface area contributed by atoms with Gasteiger partial charge in [-0.1, -0.05) is 29.8 Å². The minimum Gasteiger partial charge on any atom is -0.467 e. The molecule has 2 amide bonds. The molecule has 0 saturated carbocycles. The van der Waals surface area contributed by atoms with Gasteiger partial charge in [0.2, 0.25) is 11.7 Å². The van der Waals surface area contributed by atoms with Crippen molar-refractivity contribution >= 4 is 11.8 Å². The van der Waals surface area contributed by atoms with Gasteiger partial charge >= 0.3 is 0 Å². The maximum absolute atomic E-state index is 13.6. The van der Waals surface area contributed by atoms with Crippen molar-refractivity contribution in [3.8, 4) is 11.4 Å². The van der Waals surface area contributed by atoms with Crippen molar-refractivity contribution in [3.63, 3.8) is 0 Å². The third kappa shape index (κ3) is 6.03. The van der Waals surface area contributed by atoms with E-state index in [0.717, 1.165) is 11.1 Å². The molecular formula is C25H28N6O4. The molecule has 1 unspecified atom stereocenters. The Balaban J connectivity index is 1.63. The van der Waals surface area contributed by atoms with Crippen molar-refractivity contribution in [2.45, 2.75) is 52.4 Å². The summed E-state index contributed by atoms with van der Waals surface area (Å²) < 4.78 is 11.0. The van der Waals surface area contributed by atoms with Crippen LogP contribution in [0, 0.1) is 6.92 Å². The number of aryl methyl sites for hydroxylation is 1. The number of hydrogen-bond donors (Lipinski definition) is 1. The highest BCUT2D eigenvalue weighted by molar-refractivity contribution is 5.88. The molecule has 4 rings (SSSR count). The molecule has 10 heteroatoms. The number of amides is 2. The van der Waals surface area contributed by atoms with E-state index in [2.05, 4.69) is 20.7 Å². The zero-order chi connectivity index (χ0) is 25.0. The standard InChI is InChI=1S/C25H28N6O4/c1-17-9-11-18(12-10-17)23-27-29-31(28-23)16-21(32)30(15-19-7-5-13-34-19)22(20-8-6-14-35-20)24(33)26-25(2,3)4/h5-14,22H,15-16H2,1-4H3,(H,26,33). The zero-order valence-electron chi connectivity index (χ0n) is 20.1. The summed E-state index contributed by atoms with van der Waals surface area (Å²) in [5.74, 6) is 0.478. The summed E-state index contributed by atoms with van der Waals surface area (Å²) in [5, 5.41) is 15.4. The van der Waals surface area contributed by atoms with Gasteiger partial charge in [0.1, 0.15) is 18.1 Å². The van der Waals surface area contributed by atoms with Gasteiger partial charge in [0.15, 0.2) is 6.04 Å². The molecule has 1 aromatic carbocycles. The highest BCUT2D eigenvalue weighted by Gasteiger charge is 2.36. The number of carbonyl (C=O) groups excluding carboxylic acids is 2. The number of tetrazole rings is 1. The fourth-order valence-corrected chi connectivity index (χ4v) is 3.54. The summed E-state index contributed by atoms with van der Waals surface area (Å²) in [6, 6.07) is 13.5. The second-order valence-electron chi connectivity index (χ2n) is 9.27. The maximum Gasteiger partial charge on any atom is 0.251 e. The molecular weight excluding hydrogens is 448 g/mol. The third-order valence-electron chi connectivity index (χ3n) is 5.14. The van der Waals surface area contributed by atoms with Gasteiger partial charge in [-0.3, -0.25) is 9.59 Å². The van der Waals surface area contributed by atoms with Gasteiger partial charge < -0.3 is 19.1 Å². The van der Waals surface area contributed by atoms with E-state index in [4.69, 9.17) is 8.83 Å². The Morgan fingerprint density at radius 2 is 1.77 bits per heavy atom. The molecule has 4 aromatic rings. The van der Waals surface area contributed by atoms with Gasteiger partial charge in [-0.15, -0.1) is 10.2 Å². The monoisotopic (exact) mass is 476 g/mol. The lowest BCUT2D eigenvalue weighted by Gasteiger charge is -2.31. The van der Waals surface area contributed by atoms with E-state index in [1.807, 2.05) is 52.0 Å². The number of aromatic nitrogens is 4. The summed E-state index contributed by atoms with van der Waals surface area (Å²) in [7, 11) is 0. The molecule has 35 heavy (non-hydrogen) atoms. The van der Waals surface area contributed by atoms with Crippen molar-refractivity contribution in [1.29, 1.82) is 0 Å².